The van der Waals surface area contributed by atoms with Gasteiger partial charge in [0.2, 0.25) is 0 Å². The Kier molecular flexibility index (Phi) is 3.74. The van der Waals surface area contributed by atoms with Crippen molar-refractivity contribution in [3.63, 3.8) is 0 Å². The van der Waals surface area contributed by atoms with Crippen LogP contribution in [-0.2, 0) is 4.74 Å². The van der Waals surface area contributed by atoms with Crippen molar-refractivity contribution < 1.29 is 4.74 Å². The minimum atomic E-state index is 0.417. The van der Waals surface area contributed by atoms with E-state index in [1.807, 2.05) is 0 Å². The molecule has 0 amide bonds. The molecule has 0 spiro atoms. The minimum absolute atomic E-state index is 0.417. The summed E-state index contributed by atoms with van der Waals surface area (Å²) < 4.78 is 5.89. The van der Waals surface area contributed by atoms with Crippen LogP contribution in [0.3, 0.4) is 0 Å². The van der Waals surface area contributed by atoms with Crippen LogP contribution < -0.4 is 5.32 Å². The van der Waals surface area contributed by atoms with Crippen molar-refractivity contribution in [2.24, 2.45) is 23.2 Å². The van der Waals surface area contributed by atoms with Crippen LogP contribution in [0.5, 0.6) is 0 Å². The predicted molar refractivity (Wildman–Crippen MR) is 79.1 cm³/mol. The molecule has 2 aliphatic heterocycles. The molecular formula is C17H29NO. The van der Waals surface area contributed by atoms with Gasteiger partial charge in [-0.05, 0) is 49.5 Å². The number of fused-ring (bicyclic) bond motifs is 1. The molecule has 19 heavy (non-hydrogen) atoms. The summed E-state index contributed by atoms with van der Waals surface area (Å²) in [6.45, 7) is 9.21. The third kappa shape index (κ3) is 2.75. The number of ether oxygens (including phenoxy) is 1. The smallest absolute Gasteiger partial charge is 0.0631 e. The zero-order valence-corrected chi connectivity index (χ0v) is 12.7. The molecule has 3 rings (SSSR count). The van der Waals surface area contributed by atoms with E-state index in [0.717, 1.165) is 30.9 Å². The number of hydrogen-bond acceptors (Lipinski definition) is 2. The lowest BCUT2D eigenvalue weighted by atomic mass is 9.70. The van der Waals surface area contributed by atoms with E-state index < -0.39 is 0 Å². The van der Waals surface area contributed by atoms with Gasteiger partial charge in [-0.15, -0.1) is 0 Å². The third-order valence-electron chi connectivity index (χ3n) is 5.51. The summed E-state index contributed by atoms with van der Waals surface area (Å²) in [5.74, 6) is 2.24. The van der Waals surface area contributed by atoms with Crippen LogP contribution >= 0.6 is 0 Å². The molecule has 5 atom stereocenters. The zero-order chi connectivity index (χ0) is 13.5. The summed E-state index contributed by atoms with van der Waals surface area (Å²) >= 11 is 0. The van der Waals surface area contributed by atoms with Crippen LogP contribution in [0, 0.1) is 23.2 Å². The maximum absolute atomic E-state index is 5.89. The summed E-state index contributed by atoms with van der Waals surface area (Å²) in [5, 5.41) is 3.78. The Labute approximate surface area is 118 Å². The Morgan fingerprint density at radius 3 is 2.58 bits per heavy atom. The summed E-state index contributed by atoms with van der Waals surface area (Å²) in [7, 11) is 0. The summed E-state index contributed by atoms with van der Waals surface area (Å²) in [5.41, 5.74) is 0.417. The van der Waals surface area contributed by atoms with Gasteiger partial charge in [0.25, 0.3) is 0 Å². The van der Waals surface area contributed by atoms with E-state index in [9.17, 15) is 0 Å². The molecule has 2 saturated heterocycles. The normalized spacial score (nSPS) is 43.2. The van der Waals surface area contributed by atoms with Gasteiger partial charge in [-0.3, -0.25) is 0 Å². The average Bonchev–Trinajstić information content (AvgIpc) is 2.86. The topological polar surface area (TPSA) is 21.3 Å². The first-order chi connectivity index (χ1) is 9.05. The number of hydrogen-bond donors (Lipinski definition) is 1. The largest absolute Gasteiger partial charge is 0.378 e. The molecule has 0 radical (unpaired) electrons. The summed E-state index contributed by atoms with van der Waals surface area (Å²) in [6, 6.07) is 0.665. The van der Waals surface area contributed by atoms with Crippen molar-refractivity contribution in [3.05, 3.63) is 12.2 Å². The summed E-state index contributed by atoms with van der Waals surface area (Å²) in [6.07, 6.45) is 10.7. The van der Waals surface area contributed by atoms with Gasteiger partial charge in [0.15, 0.2) is 0 Å². The summed E-state index contributed by atoms with van der Waals surface area (Å²) in [4.78, 5) is 0. The number of rotatable bonds is 1. The Balaban J connectivity index is 1.67. The van der Waals surface area contributed by atoms with Crippen molar-refractivity contribution in [3.8, 4) is 0 Å². The van der Waals surface area contributed by atoms with Gasteiger partial charge in [-0.1, -0.05) is 32.9 Å². The highest BCUT2D eigenvalue weighted by atomic mass is 16.5. The SMILES string of the molecule is CC(C)(C)C1C=CC(C2NCCC3OCCC32)CC1. The predicted octanol–water partition coefficient (Wildman–Crippen LogP) is 3.38. The molecule has 2 heterocycles. The molecule has 3 aliphatic rings. The Morgan fingerprint density at radius 2 is 1.89 bits per heavy atom. The molecule has 0 aromatic rings. The lowest BCUT2D eigenvalue weighted by Gasteiger charge is -2.41. The van der Waals surface area contributed by atoms with Gasteiger partial charge < -0.3 is 10.1 Å². The monoisotopic (exact) mass is 263 g/mol. The Bertz CT molecular complexity index is 344. The maximum Gasteiger partial charge on any atom is 0.0631 e. The fraction of sp³-hybridized carbons (Fsp3) is 0.882. The molecule has 5 unspecified atom stereocenters. The van der Waals surface area contributed by atoms with Gasteiger partial charge in [0, 0.05) is 18.6 Å². The van der Waals surface area contributed by atoms with Crippen LogP contribution in [-0.4, -0.2) is 25.3 Å². The Hall–Kier alpha value is -0.340. The van der Waals surface area contributed by atoms with Crippen LogP contribution in [0.15, 0.2) is 12.2 Å². The van der Waals surface area contributed by atoms with Crippen molar-refractivity contribution >= 4 is 0 Å². The molecule has 2 fully saturated rings. The second kappa shape index (κ2) is 5.21. The minimum Gasteiger partial charge on any atom is -0.378 e. The molecule has 0 aromatic heterocycles. The van der Waals surface area contributed by atoms with E-state index in [1.54, 1.807) is 0 Å². The first-order valence-corrected chi connectivity index (χ1v) is 8.09. The molecule has 2 nitrogen and oxygen atoms in total. The van der Waals surface area contributed by atoms with E-state index in [4.69, 9.17) is 4.74 Å². The molecular weight excluding hydrogens is 234 g/mol. The van der Waals surface area contributed by atoms with Gasteiger partial charge in [0.1, 0.15) is 0 Å². The van der Waals surface area contributed by atoms with Gasteiger partial charge >= 0.3 is 0 Å². The first-order valence-electron chi connectivity index (χ1n) is 8.09. The van der Waals surface area contributed by atoms with E-state index in [-0.39, 0.29) is 0 Å². The maximum atomic E-state index is 5.89. The third-order valence-corrected chi connectivity index (χ3v) is 5.51. The first kappa shape index (κ1) is 13.6. The van der Waals surface area contributed by atoms with E-state index >= 15 is 0 Å². The van der Waals surface area contributed by atoms with Crippen LogP contribution in [0.25, 0.3) is 0 Å². The zero-order valence-electron chi connectivity index (χ0n) is 12.7. The second-order valence-corrected chi connectivity index (χ2v) is 7.73. The number of piperidine rings is 1. The second-order valence-electron chi connectivity index (χ2n) is 7.73. The standard InChI is InChI=1S/C17H29NO/c1-17(2,3)13-6-4-12(5-7-13)16-14-9-11-19-15(14)8-10-18-16/h4,6,12-16,18H,5,7-11H2,1-3H3. The molecule has 0 saturated carbocycles. The van der Waals surface area contributed by atoms with Crippen molar-refractivity contribution in [1.82, 2.24) is 5.32 Å². The van der Waals surface area contributed by atoms with Crippen LogP contribution in [0.1, 0.15) is 46.5 Å². The molecule has 0 aromatic carbocycles. The quantitative estimate of drug-likeness (QED) is 0.732. The van der Waals surface area contributed by atoms with Gasteiger partial charge in [-0.25, -0.2) is 0 Å². The Morgan fingerprint density at radius 1 is 1.05 bits per heavy atom. The average molecular weight is 263 g/mol. The van der Waals surface area contributed by atoms with E-state index in [2.05, 4.69) is 38.2 Å². The molecule has 108 valence electrons. The molecule has 1 aliphatic carbocycles. The van der Waals surface area contributed by atoms with Crippen LogP contribution in [0.4, 0.5) is 0 Å². The number of nitrogens with one attached hydrogen (secondary N) is 1. The highest BCUT2D eigenvalue weighted by Gasteiger charge is 2.41. The fourth-order valence-corrected chi connectivity index (χ4v) is 4.25. The lowest BCUT2D eigenvalue weighted by Crippen LogP contribution is -2.50. The van der Waals surface area contributed by atoms with Crippen molar-refractivity contribution in [2.75, 3.05) is 13.2 Å². The highest BCUT2D eigenvalue weighted by molar-refractivity contribution is 5.07. The highest BCUT2D eigenvalue weighted by Crippen LogP contribution is 2.40. The van der Waals surface area contributed by atoms with Gasteiger partial charge in [0.05, 0.1) is 6.10 Å². The van der Waals surface area contributed by atoms with Gasteiger partial charge in [-0.2, -0.15) is 0 Å². The van der Waals surface area contributed by atoms with E-state index in [0.29, 0.717) is 17.6 Å². The fourth-order valence-electron chi connectivity index (χ4n) is 4.25. The number of allylic oxidation sites excluding steroid dienone is 1. The van der Waals surface area contributed by atoms with E-state index in [1.165, 1.54) is 25.7 Å². The molecule has 1 N–H and O–H groups in total. The van der Waals surface area contributed by atoms with Crippen molar-refractivity contribution in [2.45, 2.75) is 58.6 Å². The lowest BCUT2D eigenvalue weighted by molar-refractivity contribution is 0.0468. The van der Waals surface area contributed by atoms with Crippen LogP contribution in [0.2, 0.25) is 0 Å². The van der Waals surface area contributed by atoms with Crippen molar-refractivity contribution in [1.29, 1.82) is 0 Å². The molecule has 0 bridgehead atoms. The molecule has 2 heteroatoms.